The molecule has 0 saturated carbocycles. The molecule has 2 saturated heterocycles. The molecule has 128 valence electrons. The first-order valence-corrected chi connectivity index (χ1v) is 8.78. The summed E-state index contributed by atoms with van der Waals surface area (Å²) in [5.74, 6) is 0.137. The number of hydrogen-bond donors (Lipinski definition) is 1. The highest BCUT2D eigenvalue weighted by Gasteiger charge is 2.39. The van der Waals surface area contributed by atoms with Gasteiger partial charge in [0.2, 0.25) is 0 Å². The molecule has 1 amide bonds. The highest BCUT2D eigenvalue weighted by molar-refractivity contribution is 5.98. The van der Waals surface area contributed by atoms with Crippen LogP contribution in [-0.4, -0.2) is 67.1 Å². The van der Waals surface area contributed by atoms with E-state index in [1.54, 1.807) is 0 Å². The lowest BCUT2D eigenvalue weighted by Gasteiger charge is -2.43. The number of hydrogen-bond acceptors (Lipinski definition) is 3. The quantitative estimate of drug-likeness (QED) is 0.875. The molecule has 24 heavy (non-hydrogen) atoms. The van der Waals surface area contributed by atoms with Crippen LogP contribution in [0.2, 0.25) is 0 Å². The Kier molecular flexibility index (Phi) is 4.06. The smallest absolute Gasteiger partial charge is 0.253 e. The van der Waals surface area contributed by atoms with Gasteiger partial charge in [0.25, 0.3) is 5.91 Å². The first-order valence-electron chi connectivity index (χ1n) is 8.78. The summed E-state index contributed by atoms with van der Waals surface area (Å²) in [6.07, 6.45) is 4.10. The number of nitrogens with one attached hydrogen (secondary N) is 1. The Morgan fingerprint density at radius 1 is 1.25 bits per heavy atom. The van der Waals surface area contributed by atoms with E-state index >= 15 is 0 Å². The number of likely N-dealkylation sites (tertiary alicyclic amines) is 1. The minimum atomic E-state index is 0.0791. The molecule has 1 atom stereocenters. The lowest BCUT2D eigenvalue weighted by molar-refractivity contribution is 0.00861. The Balaban J connectivity index is 1.55. The van der Waals surface area contributed by atoms with Crippen molar-refractivity contribution in [1.29, 1.82) is 0 Å². The predicted molar refractivity (Wildman–Crippen MR) is 94.2 cm³/mol. The Morgan fingerprint density at radius 3 is 3.08 bits per heavy atom. The Bertz CT molecular complexity index is 741. The van der Waals surface area contributed by atoms with Crippen molar-refractivity contribution >= 4 is 16.8 Å². The number of nitrogens with zero attached hydrogens (tertiary/aromatic N) is 2. The average Bonchev–Trinajstić information content (AvgIpc) is 2.98. The van der Waals surface area contributed by atoms with Crippen LogP contribution in [0.25, 0.3) is 10.9 Å². The van der Waals surface area contributed by atoms with Gasteiger partial charge in [-0.15, -0.1) is 0 Å². The van der Waals surface area contributed by atoms with E-state index in [9.17, 15) is 4.79 Å². The van der Waals surface area contributed by atoms with Crippen molar-refractivity contribution in [3.63, 3.8) is 0 Å². The summed E-state index contributed by atoms with van der Waals surface area (Å²) in [5, 5.41) is 1.14. The Morgan fingerprint density at radius 2 is 2.17 bits per heavy atom. The molecule has 5 nitrogen and oxygen atoms in total. The second-order valence-electron chi connectivity index (χ2n) is 7.40. The fraction of sp³-hybridized carbons (Fsp3) is 0.526. The number of carbonyl (C=O) groups excluding carboxylic acids is 1. The second-order valence-corrected chi connectivity index (χ2v) is 7.40. The summed E-state index contributed by atoms with van der Waals surface area (Å²) in [4.78, 5) is 20.6. The van der Waals surface area contributed by atoms with Crippen molar-refractivity contribution in [1.82, 2.24) is 14.8 Å². The maximum atomic E-state index is 13.0. The van der Waals surface area contributed by atoms with Crippen LogP contribution in [0.3, 0.4) is 0 Å². The van der Waals surface area contributed by atoms with Gasteiger partial charge in [0.1, 0.15) is 0 Å². The number of piperidine rings is 1. The highest BCUT2D eigenvalue weighted by atomic mass is 16.5. The Labute approximate surface area is 142 Å². The molecule has 1 spiro atoms. The van der Waals surface area contributed by atoms with E-state index in [1.165, 1.54) is 0 Å². The first kappa shape index (κ1) is 15.7. The van der Waals surface area contributed by atoms with Crippen LogP contribution in [0.5, 0.6) is 0 Å². The average molecular weight is 327 g/mol. The van der Waals surface area contributed by atoms with Gasteiger partial charge in [0.05, 0.1) is 13.2 Å². The molecule has 0 unspecified atom stereocenters. The molecule has 2 aliphatic heterocycles. The van der Waals surface area contributed by atoms with Crippen molar-refractivity contribution < 1.29 is 9.53 Å². The summed E-state index contributed by atoms with van der Waals surface area (Å²) in [6, 6.07) is 7.95. The van der Waals surface area contributed by atoms with Gasteiger partial charge >= 0.3 is 0 Å². The maximum Gasteiger partial charge on any atom is 0.253 e. The molecule has 0 bridgehead atoms. The van der Waals surface area contributed by atoms with Gasteiger partial charge in [-0.25, -0.2) is 0 Å². The number of carbonyl (C=O) groups is 1. The number of aromatic amines is 1. The zero-order chi connectivity index (χ0) is 16.6. The number of ether oxygens (including phenoxy) is 1. The van der Waals surface area contributed by atoms with Crippen LogP contribution in [0, 0.1) is 5.41 Å². The van der Waals surface area contributed by atoms with E-state index in [-0.39, 0.29) is 11.3 Å². The van der Waals surface area contributed by atoms with E-state index in [1.807, 2.05) is 35.4 Å². The van der Waals surface area contributed by atoms with Gasteiger partial charge < -0.3 is 19.5 Å². The lowest BCUT2D eigenvalue weighted by Crippen LogP contribution is -2.51. The van der Waals surface area contributed by atoms with Crippen LogP contribution in [0.15, 0.2) is 30.5 Å². The molecule has 2 fully saturated rings. The molecule has 1 aromatic carbocycles. The van der Waals surface area contributed by atoms with Gasteiger partial charge in [-0.3, -0.25) is 4.79 Å². The van der Waals surface area contributed by atoms with Crippen molar-refractivity contribution in [3.05, 3.63) is 36.0 Å². The summed E-state index contributed by atoms with van der Waals surface area (Å²) < 4.78 is 5.85. The molecule has 0 radical (unpaired) electrons. The van der Waals surface area contributed by atoms with E-state index in [0.717, 1.165) is 68.7 Å². The van der Waals surface area contributed by atoms with Gasteiger partial charge in [0, 0.05) is 48.9 Å². The van der Waals surface area contributed by atoms with Gasteiger partial charge in [-0.05, 0) is 43.5 Å². The third-order valence-corrected chi connectivity index (χ3v) is 5.38. The molecule has 0 aliphatic carbocycles. The number of rotatable bonds is 1. The van der Waals surface area contributed by atoms with E-state index in [2.05, 4.69) is 16.9 Å². The number of benzene rings is 1. The molecular weight excluding hydrogens is 302 g/mol. The van der Waals surface area contributed by atoms with Crippen molar-refractivity contribution in [3.8, 4) is 0 Å². The summed E-state index contributed by atoms with van der Waals surface area (Å²) >= 11 is 0. The Hall–Kier alpha value is -1.85. The normalized spacial score (nSPS) is 26.0. The molecule has 2 aromatic rings. The molecule has 2 aliphatic rings. The largest absolute Gasteiger partial charge is 0.379 e. The van der Waals surface area contributed by atoms with E-state index in [0.29, 0.717) is 0 Å². The number of fused-ring (bicyclic) bond motifs is 1. The number of likely N-dealkylation sites (N-methyl/N-ethyl adjacent to an activating group) is 1. The third-order valence-electron chi connectivity index (χ3n) is 5.38. The molecule has 1 aromatic heterocycles. The zero-order valence-corrected chi connectivity index (χ0v) is 14.3. The monoisotopic (exact) mass is 327 g/mol. The van der Waals surface area contributed by atoms with Crippen molar-refractivity contribution in [2.75, 3.05) is 46.4 Å². The number of H-pyrrole nitrogens is 1. The van der Waals surface area contributed by atoms with Crippen LogP contribution >= 0.6 is 0 Å². The van der Waals surface area contributed by atoms with Crippen LogP contribution < -0.4 is 0 Å². The van der Waals surface area contributed by atoms with Crippen LogP contribution in [0.1, 0.15) is 23.2 Å². The first-order chi connectivity index (χ1) is 11.7. The standard InChI is InChI=1S/C19H25N3O2/c1-21-9-10-24-14-19(12-21)6-2-8-22(13-19)18(23)16-4-3-15-5-7-20-17(15)11-16/h3-5,7,11,20H,2,6,8-10,12-14H2,1H3/t19-/m0/s1. The number of amides is 1. The fourth-order valence-electron chi connectivity index (χ4n) is 4.20. The van der Waals surface area contributed by atoms with E-state index < -0.39 is 0 Å². The highest BCUT2D eigenvalue weighted by Crippen LogP contribution is 2.33. The van der Waals surface area contributed by atoms with Gasteiger partial charge in [-0.1, -0.05) is 6.07 Å². The summed E-state index contributed by atoms with van der Waals surface area (Å²) in [7, 11) is 2.15. The van der Waals surface area contributed by atoms with Gasteiger partial charge in [0.15, 0.2) is 0 Å². The maximum absolute atomic E-state index is 13.0. The van der Waals surface area contributed by atoms with E-state index in [4.69, 9.17) is 4.74 Å². The minimum absolute atomic E-state index is 0.0791. The zero-order valence-electron chi connectivity index (χ0n) is 14.3. The predicted octanol–water partition coefficient (Wildman–Crippen LogP) is 2.35. The van der Waals surface area contributed by atoms with Crippen molar-refractivity contribution in [2.45, 2.75) is 12.8 Å². The second kappa shape index (κ2) is 6.22. The third kappa shape index (κ3) is 2.94. The topological polar surface area (TPSA) is 48.6 Å². The lowest BCUT2D eigenvalue weighted by atomic mass is 9.80. The molecule has 3 heterocycles. The van der Waals surface area contributed by atoms with Gasteiger partial charge in [-0.2, -0.15) is 0 Å². The SMILES string of the molecule is CN1CCOC[C@@]2(CCCN(C(=O)c3ccc4cc[nH]c4c3)C2)C1. The fourth-order valence-corrected chi connectivity index (χ4v) is 4.20. The summed E-state index contributed by atoms with van der Waals surface area (Å²) in [5.41, 5.74) is 1.87. The molecule has 5 heteroatoms. The molecule has 4 rings (SSSR count). The number of aromatic nitrogens is 1. The summed E-state index contributed by atoms with van der Waals surface area (Å²) in [6.45, 7) is 5.16. The molecular formula is C19H25N3O2. The van der Waals surface area contributed by atoms with Crippen LogP contribution in [0.4, 0.5) is 0 Å². The van der Waals surface area contributed by atoms with Crippen molar-refractivity contribution in [2.24, 2.45) is 5.41 Å². The van der Waals surface area contributed by atoms with Crippen LogP contribution in [-0.2, 0) is 4.74 Å². The minimum Gasteiger partial charge on any atom is -0.379 e. The molecule has 1 N–H and O–H groups in total.